The van der Waals surface area contributed by atoms with Crippen LogP contribution in [0.15, 0.2) is 72.9 Å². The van der Waals surface area contributed by atoms with Crippen LogP contribution in [0.3, 0.4) is 0 Å². The monoisotopic (exact) mass is 387 g/mol. The Labute approximate surface area is 168 Å². The average molecular weight is 387 g/mol. The number of fused-ring (bicyclic) bond motifs is 1. The number of carbonyl (C=O) groups excluding carboxylic acids is 1. The number of aryl methyl sites for hydroxylation is 1. The zero-order valence-corrected chi connectivity index (χ0v) is 16.2. The van der Waals surface area contributed by atoms with Crippen LogP contribution in [-0.2, 0) is 11.2 Å². The van der Waals surface area contributed by atoms with Gasteiger partial charge in [-0.3, -0.25) is 9.78 Å². The Balaban J connectivity index is 1.55. The summed E-state index contributed by atoms with van der Waals surface area (Å²) < 4.78 is 13.4. The van der Waals surface area contributed by atoms with Gasteiger partial charge in [0.25, 0.3) is 0 Å². The maximum absolute atomic E-state index is 13.4. The number of nitrogens with zero attached hydrogens (tertiary/aromatic N) is 1. The van der Waals surface area contributed by atoms with Crippen molar-refractivity contribution in [2.75, 3.05) is 0 Å². The van der Waals surface area contributed by atoms with Gasteiger partial charge < -0.3 is 10.3 Å². The maximum atomic E-state index is 13.4. The number of benzene rings is 2. The topological polar surface area (TPSA) is 57.8 Å². The number of hydrogen-bond donors (Lipinski definition) is 2. The van der Waals surface area contributed by atoms with Crippen molar-refractivity contribution in [3.63, 3.8) is 0 Å². The molecule has 0 aliphatic heterocycles. The Morgan fingerprint density at radius 1 is 1.07 bits per heavy atom. The molecule has 0 spiro atoms. The highest BCUT2D eigenvalue weighted by molar-refractivity contribution is 5.91. The van der Waals surface area contributed by atoms with Gasteiger partial charge in [-0.2, -0.15) is 0 Å². The van der Waals surface area contributed by atoms with E-state index in [9.17, 15) is 9.18 Å². The van der Waals surface area contributed by atoms with Crippen LogP contribution in [0.2, 0.25) is 0 Å². The van der Waals surface area contributed by atoms with E-state index in [1.54, 1.807) is 18.3 Å². The van der Waals surface area contributed by atoms with Gasteiger partial charge in [0.15, 0.2) is 0 Å². The maximum Gasteiger partial charge on any atom is 0.220 e. The quantitative estimate of drug-likeness (QED) is 0.479. The Bertz CT molecular complexity index is 1120. The predicted octanol–water partition coefficient (Wildman–Crippen LogP) is 5.18. The highest BCUT2D eigenvalue weighted by Crippen LogP contribution is 2.31. The molecule has 0 aliphatic rings. The summed E-state index contributed by atoms with van der Waals surface area (Å²) >= 11 is 0. The number of aromatic nitrogens is 2. The Morgan fingerprint density at radius 2 is 1.83 bits per heavy atom. The minimum Gasteiger partial charge on any atom is -0.354 e. The summed E-state index contributed by atoms with van der Waals surface area (Å²) in [6, 6.07) is 19.9. The van der Waals surface area contributed by atoms with Gasteiger partial charge in [0.1, 0.15) is 5.82 Å². The van der Waals surface area contributed by atoms with Crippen LogP contribution in [0.4, 0.5) is 4.39 Å². The first-order valence-electron chi connectivity index (χ1n) is 9.67. The van der Waals surface area contributed by atoms with Gasteiger partial charge in [-0.05, 0) is 66.9 Å². The van der Waals surface area contributed by atoms with Crippen LogP contribution >= 0.6 is 0 Å². The van der Waals surface area contributed by atoms with Crippen molar-refractivity contribution < 1.29 is 9.18 Å². The first-order chi connectivity index (χ1) is 14.1. The highest BCUT2D eigenvalue weighted by Gasteiger charge is 2.16. The van der Waals surface area contributed by atoms with E-state index < -0.39 is 0 Å². The summed E-state index contributed by atoms with van der Waals surface area (Å²) in [5, 5.41) is 4.09. The second-order valence-electron chi connectivity index (χ2n) is 7.07. The van der Waals surface area contributed by atoms with E-state index in [-0.39, 0.29) is 17.8 Å². The fourth-order valence-electron chi connectivity index (χ4n) is 3.58. The molecule has 1 unspecified atom stereocenters. The van der Waals surface area contributed by atoms with Gasteiger partial charge in [-0.25, -0.2) is 4.39 Å². The molecule has 0 bridgehead atoms. The molecule has 5 heteroatoms. The Morgan fingerprint density at radius 3 is 2.59 bits per heavy atom. The molecule has 1 atom stereocenters. The van der Waals surface area contributed by atoms with Crippen LogP contribution in [-0.4, -0.2) is 15.9 Å². The van der Waals surface area contributed by atoms with E-state index in [2.05, 4.69) is 15.3 Å². The molecule has 2 N–H and O–H groups in total. The summed E-state index contributed by atoms with van der Waals surface area (Å²) in [6.45, 7) is 1.93. The summed E-state index contributed by atoms with van der Waals surface area (Å²) in [6.07, 6.45) is 2.66. The second-order valence-corrected chi connectivity index (χ2v) is 7.07. The molecular weight excluding hydrogens is 365 g/mol. The predicted molar refractivity (Wildman–Crippen MR) is 113 cm³/mol. The van der Waals surface area contributed by atoms with Crippen molar-refractivity contribution in [1.82, 2.24) is 15.3 Å². The third kappa shape index (κ3) is 4.19. The third-order valence-electron chi connectivity index (χ3n) is 5.06. The van der Waals surface area contributed by atoms with Crippen molar-refractivity contribution in [2.24, 2.45) is 0 Å². The summed E-state index contributed by atoms with van der Waals surface area (Å²) in [7, 11) is 0. The molecule has 0 saturated heterocycles. The molecule has 146 valence electrons. The van der Waals surface area contributed by atoms with E-state index >= 15 is 0 Å². The van der Waals surface area contributed by atoms with Gasteiger partial charge in [0.2, 0.25) is 5.91 Å². The van der Waals surface area contributed by atoms with E-state index in [1.807, 2.05) is 49.4 Å². The molecule has 0 radical (unpaired) electrons. The molecule has 4 aromatic rings. The van der Waals surface area contributed by atoms with Gasteiger partial charge in [0.05, 0.1) is 11.7 Å². The van der Waals surface area contributed by atoms with E-state index in [0.29, 0.717) is 12.8 Å². The van der Waals surface area contributed by atoms with Crippen molar-refractivity contribution in [2.45, 2.75) is 25.8 Å². The lowest BCUT2D eigenvalue weighted by Crippen LogP contribution is -2.27. The number of halogens is 1. The third-order valence-corrected chi connectivity index (χ3v) is 5.06. The summed E-state index contributed by atoms with van der Waals surface area (Å²) in [5.74, 6) is -0.298. The molecule has 1 amide bonds. The van der Waals surface area contributed by atoms with Crippen LogP contribution in [0, 0.1) is 5.82 Å². The number of pyridine rings is 1. The molecule has 2 aromatic carbocycles. The summed E-state index contributed by atoms with van der Waals surface area (Å²) in [5.41, 5.74) is 4.73. The Kier molecular flexibility index (Phi) is 5.38. The number of para-hydroxylation sites is 1. The van der Waals surface area contributed by atoms with Gasteiger partial charge >= 0.3 is 0 Å². The highest BCUT2D eigenvalue weighted by atomic mass is 19.1. The fraction of sp³-hybridized carbons (Fsp3) is 0.167. The lowest BCUT2D eigenvalue weighted by molar-refractivity contribution is -0.121. The standard InChI is InChI=1S/C24H22FN3O/c1-16(21-7-4-5-15-26-21)27-23(29)14-13-20-19-6-2-3-8-22(19)28-24(20)17-9-11-18(25)12-10-17/h2-12,15-16,28H,13-14H2,1H3,(H,27,29). The second kappa shape index (κ2) is 8.27. The van der Waals surface area contributed by atoms with Crippen molar-refractivity contribution in [1.29, 1.82) is 0 Å². The SMILES string of the molecule is CC(NC(=O)CCc1c(-c2ccc(F)cc2)[nH]c2ccccc12)c1ccccn1. The van der Waals surface area contributed by atoms with E-state index in [0.717, 1.165) is 33.4 Å². The molecule has 29 heavy (non-hydrogen) atoms. The molecular formula is C24H22FN3O. The van der Waals surface area contributed by atoms with Crippen LogP contribution in [0.1, 0.15) is 30.6 Å². The molecule has 0 aliphatic carbocycles. The first kappa shape index (κ1) is 18.9. The molecule has 2 heterocycles. The van der Waals surface area contributed by atoms with Crippen LogP contribution in [0.5, 0.6) is 0 Å². The smallest absolute Gasteiger partial charge is 0.220 e. The van der Waals surface area contributed by atoms with Crippen LogP contribution in [0.25, 0.3) is 22.2 Å². The van der Waals surface area contributed by atoms with Crippen molar-refractivity contribution in [3.05, 3.63) is 90.0 Å². The minimum absolute atomic E-state index is 0.0292. The number of hydrogen-bond acceptors (Lipinski definition) is 2. The molecule has 2 aromatic heterocycles. The molecule has 4 rings (SSSR count). The molecule has 4 nitrogen and oxygen atoms in total. The molecule has 0 saturated carbocycles. The van der Waals surface area contributed by atoms with E-state index in [4.69, 9.17) is 0 Å². The van der Waals surface area contributed by atoms with Crippen molar-refractivity contribution in [3.8, 4) is 11.3 Å². The molecule has 0 fully saturated rings. The number of aromatic amines is 1. The lowest BCUT2D eigenvalue weighted by Gasteiger charge is -2.13. The number of nitrogens with one attached hydrogen (secondary N) is 2. The van der Waals surface area contributed by atoms with Gasteiger partial charge in [0, 0.05) is 29.2 Å². The zero-order valence-electron chi connectivity index (χ0n) is 16.2. The van der Waals surface area contributed by atoms with Gasteiger partial charge in [-0.15, -0.1) is 0 Å². The average Bonchev–Trinajstić information content (AvgIpc) is 3.12. The van der Waals surface area contributed by atoms with Gasteiger partial charge in [-0.1, -0.05) is 24.3 Å². The Hall–Kier alpha value is -3.47. The minimum atomic E-state index is -0.269. The number of carbonyl (C=O) groups is 1. The zero-order chi connectivity index (χ0) is 20.2. The normalized spacial score (nSPS) is 12.1. The fourth-order valence-corrected chi connectivity index (χ4v) is 3.58. The first-order valence-corrected chi connectivity index (χ1v) is 9.67. The number of H-pyrrole nitrogens is 1. The number of rotatable bonds is 6. The summed E-state index contributed by atoms with van der Waals surface area (Å²) in [4.78, 5) is 20.3. The number of amides is 1. The van der Waals surface area contributed by atoms with E-state index in [1.165, 1.54) is 12.1 Å². The largest absolute Gasteiger partial charge is 0.354 e. The lowest BCUT2D eigenvalue weighted by atomic mass is 10.0. The van der Waals surface area contributed by atoms with Crippen LogP contribution < -0.4 is 5.32 Å². The van der Waals surface area contributed by atoms with Crippen molar-refractivity contribution >= 4 is 16.8 Å².